The minimum absolute atomic E-state index is 0.207. The number of hydrogen-bond donors (Lipinski definition) is 1. The molecule has 1 N–H and O–H groups in total. The van der Waals surface area contributed by atoms with Crippen LogP contribution in [0.1, 0.15) is 31.0 Å². The number of piperidine rings is 1. The minimum atomic E-state index is -4.28. The standard InChI is InChI=1S/C14H14ClF2N3O2S/c15-9-4-5-10(16)13(17)14(9)23(21,22)20-8-2-1-3-12(20)11-6-7-18-19-11/h4-7,12H,1-3,8H2,(H,18,19). The molecule has 9 heteroatoms. The molecule has 1 aliphatic rings. The highest BCUT2D eigenvalue weighted by Gasteiger charge is 2.38. The third kappa shape index (κ3) is 2.86. The van der Waals surface area contributed by atoms with Gasteiger partial charge in [0.1, 0.15) is 4.90 Å². The smallest absolute Gasteiger partial charge is 0.248 e. The van der Waals surface area contributed by atoms with Gasteiger partial charge in [0.05, 0.1) is 16.8 Å². The van der Waals surface area contributed by atoms with Crippen LogP contribution in [0.15, 0.2) is 29.3 Å². The number of aromatic amines is 1. The molecular weight excluding hydrogens is 348 g/mol. The lowest BCUT2D eigenvalue weighted by Gasteiger charge is -2.34. The molecule has 1 atom stereocenters. The van der Waals surface area contributed by atoms with E-state index in [1.165, 1.54) is 6.20 Å². The molecule has 1 aliphatic heterocycles. The SMILES string of the molecule is O=S(=O)(c1c(Cl)ccc(F)c1F)N1CCCCC1c1ccn[nH]1. The normalized spacial score (nSPS) is 19.9. The number of nitrogens with one attached hydrogen (secondary N) is 1. The zero-order chi connectivity index (χ0) is 16.6. The molecule has 1 fully saturated rings. The average Bonchev–Trinajstić information content (AvgIpc) is 3.05. The second kappa shape index (κ2) is 6.18. The van der Waals surface area contributed by atoms with Crippen molar-refractivity contribution in [2.75, 3.05) is 6.54 Å². The molecule has 1 aromatic carbocycles. The molecule has 0 spiro atoms. The van der Waals surface area contributed by atoms with E-state index in [-0.39, 0.29) is 11.6 Å². The molecule has 5 nitrogen and oxygen atoms in total. The van der Waals surface area contributed by atoms with Crippen molar-refractivity contribution in [1.82, 2.24) is 14.5 Å². The van der Waals surface area contributed by atoms with E-state index < -0.39 is 32.6 Å². The van der Waals surface area contributed by atoms with E-state index >= 15 is 0 Å². The van der Waals surface area contributed by atoms with Gasteiger partial charge >= 0.3 is 0 Å². The fourth-order valence-electron chi connectivity index (χ4n) is 2.82. The summed E-state index contributed by atoms with van der Waals surface area (Å²) in [6, 6.07) is 3.01. The van der Waals surface area contributed by atoms with E-state index in [1.54, 1.807) is 6.07 Å². The van der Waals surface area contributed by atoms with E-state index in [1.807, 2.05) is 0 Å². The van der Waals surface area contributed by atoms with Gasteiger partial charge in [-0.15, -0.1) is 0 Å². The number of benzene rings is 1. The Hall–Kier alpha value is -1.51. The second-order valence-corrected chi connectivity index (χ2v) is 7.55. The highest BCUT2D eigenvalue weighted by Crippen LogP contribution is 2.37. The van der Waals surface area contributed by atoms with Gasteiger partial charge in [-0.05, 0) is 31.0 Å². The Morgan fingerprint density at radius 2 is 2.04 bits per heavy atom. The topological polar surface area (TPSA) is 66.1 Å². The first kappa shape index (κ1) is 16.4. The molecule has 1 aromatic heterocycles. The lowest BCUT2D eigenvalue weighted by atomic mass is 10.0. The minimum Gasteiger partial charge on any atom is -0.281 e. The summed E-state index contributed by atoms with van der Waals surface area (Å²) in [4.78, 5) is -0.814. The van der Waals surface area contributed by atoms with Crippen molar-refractivity contribution in [2.45, 2.75) is 30.2 Å². The summed E-state index contributed by atoms with van der Waals surface area (Å²) >= 11 is 5.85. The molecule has 23 heavy (non-hydrogen) atoms. The molecule has 0 saturated carbocycles. The van der Waals surface area contributed by atoms with Gasteiger partial charge in [0.15, 0.2) is 11.6 Å². The summed E-state index contributed by atoms with van der Waals surface area (Å²) in [5.74, 6) is -2.70. The predicted molar refractivity (Wildman–Crippen MR) is 80.4 cm³/mol. The first-order valence-electron chi connectivity index (χ1n) is 7.07. The molecule has 3 rings (SSSR count). The summed E-state index contributed by atoms with van der Waals surface area (Å²) in [5, 5.41) is 6.24. The molecule has 1 unspecified atom stereocenters. The van der Waals surface area contributed by atoms with Crippen LogP contribution in [0, 0.1) is 11.6 Å². The fraction of sp³-hybridized carbons (Fsp3) is 0.357. The Bertz CT molecular complexity index is 812. The average molecular weight is 362 g/mol. The third-order valence-electron chi connectivity index (χ3n) is 3.90. The molecule has 0 bridgehead atoms. The number of hydrogen-bond acceptors (Lipinski definition) is 3. The van der Waals surface area contributed by atoms with Crippen molar-refractivity contribution in [1.29, 1.82) is 0 Å². The monoisotopic (exact) mass is 361 g/mol. The van der Waals surface area contributed by atoms with Crippen molar-refractivity contribution >= 4 is 21.6 Å². The van der Waals surface area contributed by atoms with Crippen molar-refractivity contribution in [3.05, 3.63) is 46.7 Å². The second-order valence-electron chi connectivity index (χ2n) is 5.31. The van der Waals surface area contributed by atoms with E-state index in [0.29, 0.717) is 18.5 Å². The van der Waals surface area contributed by atoms with Crippen LogP contribution in [-0.4, -0.2) is 29.5 Å². The number of halogens is 3. The summed E-state index contributed by atoms with van der Waals surface area (Å²) < 4.78 is 54.5. The van der Waals surface area contributed by atoms with Crippen LogP contribution in [0.4, 0.5) is 8.78 Å². The molecule has 0 amide bonds. The highest BCUT2D eigenvalue weighted by atomic mass is 35.5. The number of aromatic nitrogens is 2. The highest BCUT2D eigenvalue weighted by molar-refractivity contribution is 7.89. The molecule has 124 valence electrons. The molecule has 2 aromatic rings. The molecule has 0 aliphatic carbocycles. The first-order chi connectivity index (χ1) is 10.9. The lowest BCUT2D eigenvalue weighted by Crippen LogP contribution is -2.39. The number of rotatable bonds is 3. The number of H-pyrrole nitrogens is 1. The van der Waals surface area contributed by atoms with Crippen LogP contribution in [0.5, 0.6) is 0 Å². The number of sulfonamides is 1. The molecule has 0 radical (unpaired) electrons. The van der Waals surface area contributed by atoms with Gasteiger partial charge < -0.3 is 0 Å². The van der Waals surface area contributed by atoms with Gasteiger partial charge in [-0.25, -0.2) is 17.2 Å². The summed E-state index contributed by atoms with van der Waals surface area (Å²) in [6.45, 7) is 0.207. The maximum atomic E-state index is 14.1. The Kier molecular flexibility index (Phi) is 4.39. The van der Waals surface area contributed by atoms with Gasteiger partial charge in [0.25, 0.3) is 0 Å². The fourth-order valence-corrected chi connectivity index (χ4v) is 5.05. The van der Waals surface area contributed by atoms with Crippen LogP contribution in [-0.2, 0) is 10.0 Å². The van der Waals surface area contributed by atoms with Gasteiger partial charge in [-0.2, -0.15) is 9.40 Å². The Labute approximate surface area is 137 Å². The summed E-state index contributed by atoms with van der Waals surface area (Å²) in [5.41, 5.74) is 0.612. The van der Waals surface area contributed by atoms with Crippen molar-refractivity contribution in [3.63, 3.8) is 0 Å². The Morgan fingerprint density at radius 3 is 2.74 bits per heavy atom. The van der Waals surface area contributed by atoms with Gasteiger partial charge in [0.2, 0.25) is 10.0 Å². The Morgan fingerprint density at radius 1 is 1.26 bits per heavy atom. The first-order valence-corrected chi connectivity index (χ1v) is 8.89. The van der Waals surface area contributed by atoms with Crippen LogP contribution in [0.2, 0.25) is 5.02 Å². The largest absolute Gasteiger partial charge is 0.281 e. The van der Waals surface area contributed by atoms with Crippen LogP contribution in [0.25, 0.3) is 0 Å². The zero-order valence-electron chi connectivity index (χ0n) is 12.0. The van der Waals surface area contributed by atoms with Gasteiger partial charge in [-0.3, -0.25) is 5.10 Å². The van der Waals surface area contributed by atoms with Gasteiger partial charge in [-0.1, -0.05) is 18.0 Å². The van der Waals surface area contributed by atoms with Crippen LogP contribution < -0.4 is 0 Å². The number of nitrogens with zero attached hydrogens (tertiary/aromatic N) is 2. The van der Waals surface area contributed by atoms with Crippen molar-refractivity contribution in [3.8, 4) is 0 Å². The quantitative estimate of drug-likeness (QED) is 0.853. The zero-order valence-corrected chi connectivity index (χ0v) is 13.5. The summed E-state index contributed by atoms with van der Waals surface area (Å²) in [7, 11) is -4.28. The van der Waals surface area contributed by atoms with Crippen LogP contribution >= 0.6 is 11.6 Å². The molecule has 2 heterocycles. The maximum Gasteiger partial charge on any atom is 0.248 e. The van der Waals surface area contributed by atoms with Crippen molar-refractivity contribution < 1.29 is 17.2 Å². The van der Waals surface area contributed by atoms with Crippen molar-refractivity contribution in [2.24, 2.45) is 0 Å². The van der Waals surface area contributed by atoms with E-state index in [4.69, 9.17) is 11.6 Å². The molecular formula is C14H14ClF2N3O2S. The van der Waals surface area contributed by atoms with E-state index in [2.05, 4.69) is 10.2 Å². The van der Waals surface area contributed by atoms with Crippen LogP contribution in [0.3, 0.4) is 0 Å². The van der Waals surface area contributed by atoms with Gasteiger partial charge in [0, 0.05) is 12.7 Å². The molecule has 1 saturated heterocycles. The third-order valence-corrected chi connectivity index (χ3v) is 6.30. The maximum absolute atomic E-state index is 14.1. The summed E-state index contributed by atoms with van der Waals surface area (Å²) in [6.07, 6.45) is 3.55. The predicted octanol–water partition coefficient (Wildman–Crippen LogP) is 3.26. The lowest BCUT2D eigenvalue weighted by molar-refractivity contribution is 0.250. The van der Waals surface area contributed by atoms with E-state index in [9.17, 15) is 17.2 Å². The van der Waals surface area contributed by atoms with E-state index in [0.717, 1.165) is 22.9 Å². The Balaban J connectivity index is 2.09.